The number of hydrogen-bond donors (Lipinski definition) is 0. The minimum atomic E-state index is -0.203. The van der Waals surface area contributed by atoms with Crippen LogP contribution < -0.4 is 0 Å². The van der Waals surface area contributed by atoms with Crippen LogP contribution in [-0.4, -0.2) is 17.9 Å². The Hall–Kier alpha value is -1.12. The van der Waals surface area contributed by atoms with E-state index >= 15 is 0 Å². The van der Waals surface area contributed by atoms with Gasteiger partial charge >= 0.3 is 5.97 Å². The molecule has 3 saturated carbocycles. The van der Waals surface area contributed by atoms with E-state index in [4.69, 9.17) is 4.74 Å². The summed E-state index contributed by atoms with van der Waals surface area (Å²) in [6.07, 6.45) is 12.5. The van der Waals surface area contributed by atoms with Crippen molar-refractivity contribution in [1.82, 2.24) is 0 Å². The predicted molar refractivity (Wildman–Crippen MR) is 143 cm³/mol. The number of ketones is 1. The van der Waals surface area contributed by atoms with E-state index in [0.717, 1.165) is 31.1 Å². The third-order valence-corrected chi connectivity index (χ3v) is 12.0. The molecular weight excluding hydrogens is 432 g/mol. The second-order valence-electron chi connectivity index (χ2n) is 14.7. The van der Waals surface area contributed by atoms with Gasteiger partial charge in [0, 0.05) is 24.7 Å². The maximum Gasteiger partial charge on any atom is 0.302 e. The number of carbonyl (C=O) groups excluding carboxylic acids is 2. The third-order valence-electron chi connectivity index (χ3n) is 12.0. The van der Waals surface area contributed by atoms with E-state index in [0.29, 0.717) is 18.1 Å². The van der Waals surface area contributed by atoms with Crippen molar-refractivity contribution in [1.29, 1.82) is 0 Å². The second-order valence-corrected chi connectivity index (χ2v) is 14.7. The summed E-state index contributed by atoms with van der Waals surface area (Å²) >= 11 is 0. The molecule has 0 bridgehead atoms. The summed E-state index contributed by atoms with van der Waals surface area (Å²) in [6, 6.07) is 0. The first-order chi connectivity index (χ1) is 16.2. The third kappa shape index (κ3) is 4.06. The zero-order valence-electron chi connectivity index (χ0n) is 24.1. The lowest BCUT2D eigenvalue weighted by Crippen LogP contribution is -2.60. The van der Waals surface area contributed by atoms with Gasteiger partial charge < -0.3 is 4.74 Å². The van der Waals surface area contributed by atoms with Crippen molar-refractivity contribution in [3.63, 3.8) is 0 Å². The zero-order chi connectivity index (χ0) is 26.0. The van der Waals surface area contributed by atoms with Gasteiger partial charge in [-0.25, -0.2) is 0 Å². The molecule has 0 aromatic heterocycles. The van der Waals surface area contributed by atoms with Gasteiger partial charge in [-0.05, 0) is 72.0 Å². The largest absolute Gasteiger partial charge is 0.462 e. The molecule has 3 heteroatoms. The monoisotopic (exact) mass is 484 g/mol. The summed E-state index contributed by atoms with van der Waals surface area (Å²) in [5, 5.41) is 0. The Balaban J connectivity index is 1.65. The van der Waals surface area contributed by atoms with Crippen LogP contribution in [0, 0.1) is 51.2 Å². The van der Waals surface area contributed by atoms with E-state index in [9.17, 15) is 9.59 Å². The molecule has 0 aromatic rings. The highest BCUT2D eigenvalue weighted by Gasteiger charge is 2.67. The Bertz CT molecular complexity index is 883. The summed E-state index contributed by atoms with van der Waals surface area (Å²) in [6.45, 7) is 20.6. The molecule has 0 spiro atoms. The molecule has 198 valence electrons. The van der Waals surface area contributed by atoms with Gasteiger partial charge in [-0.3, -0.25) is 9.59 Å². The maximum atomic E-state index is 14.1. The van der Waals surface area contributed by atoms with Crippen molar-refractivity contribution in [2.45, 2.75) is 126 Å². The highest BCUT2D eigenvalue weighted by Crippen LogP contribution is 2.72. The lowest BCUT2D eigenvalue weighted by molar-refractivity contribution is -0.172. The normalized spacial score (nSPS) is 43.1. The Morgan fingerprint density at radius 2 is 1.71 bits per heavy atom. The van der Waals surface area contributed by atoms with Crippen LogP contribution in [0.25, 0.3) is 0 Å². The maximum absolute atomic E-state index is 14.1. The van der Waals surface area contributed by atoms with Crippen LogP contribution in [0.15, 0.2) is 11.6 Å². The summed E-state index contributed by atoms with van der Waals surface area (Å²) in [7, 11) is 0. The molecule has 0 unspecified atom stereocenters. The van der Waals surface area contributed by atoms with Crippen LogP contribution in [0.4, 0.5) is 0 Å². The van der Waals surface area contributed by atoms with E-state index in [1.54, 1.807) is 0 Å². The Morgan fingerprint density at radius 1 is 1.03 bits per heavy atom. The molecule has 4 aliphatic rings. The fourth-order valence-electron chi connectivity index (χ4n) is 9.76. The minimum absolute atomic E-state index is 0.0179. The molecule has 0 aliphatic heterocycles. The average Bonchev–Trinajstić information content (AvgIpc) is 3.02. The van der Waals surface area contributed by atoms with Crippen molar-refractivity contribution in [2.75, 3.05) is 0 Å². The van der Waals surface area contributed by atoms with Crippen LogP contribution >= 0.6 is 0 Å². The van der Waals surface area contributed by atoms with E-state index in [2.05, 4.69) is 61.5 Å². The van der Waals surface area contributed by atoms with Crippen molar-refractivity contribution in [3.8, 4) is 0 Å². The van der Waals surface area contributed by atoms with Crippen molar-refractivity contribution >= 4 is 11.8 Å². The molecule has 8 atom stereocenters. The van der Waals surface area contributed by atoms with Crippen LogP contribution in [0.2, 0.25) is 0 Å². The van der Waals surface area contributed by atoms with Crippen molar-refractivity contribution in [3.05, 3.63) is 11.6 Å². The molecule has 0 amide bonds. The van der Waals surface area contributed by atoms with Gasteiger partial charge in [0.2, 0.25) is 0 Å². The zero-order valence-corrected chi connectivity index (χ0v) is 24.1. The van der Waals surface area contributed by atoms with Gasteiger partial charge in [0.25, 0.3) is 0 Å². The first kappa shape index (κ1) is 26.9. The Morgan fingerprint density at radius 3 is 2.34 bits per heavy atom. The Kier molecular flexibility index (Phi) is 6.94. The van der Waals surface area contributed by atoms with Gasteiger partial charge in [0.1, 0.15) is 11.9 Å². The van der Waals surface area contributed by atoms with Gasteiger partial charge in [-0.1, -0.05) is 86.3 Å². The lowest BCUT2D eigenvalue weighted by Gasteiger charge is -2.63. The highest BCUT2D eigenvalue weighted by atomic mass is 16.5. The van der Waals surface area contributed by atoms with E-state index in [1.165, 1.54) is 44.6 Å². The van der Waals surface area contributed by atoms with E-state index in [-0.39, 0.29) is 45.6 Å². The molecule has 0 N–H and O–H groups in total. The molecule has 35 heavy (non-hydrogen) atoms. The van der Waals surface area contributed by atoms with Crippen LogP contribution in [0.1, 0.15) is 120 Å². The minimum Gasteiger partial charge on any atom is -0.462 e. The molecule has 0 heterocycles. The van der Waals surface area contributed by atoms with Gasteiger partial charge in [-0.15, -0.1) is 0 Å². The second kappa shape index (κ2) is 9.02. The standard InChI is InChI=1S/C32H52O3/c1-20(2)11-10-12-21(3)23-13-18-32(9)28-24(14-17-31(23,32)8)30(7)16-15-27(35-22(4)33)29(5,6)26(30)19-25(28)34/h14,20-21,23,26-28H,10-13,15-19H2,1-9H3/t21-,23-,26+,27+,28+,30-,31-,32+/m1/s1. The van der Waals surface area contributed by atoms with Gasteiger partial charge in [0.05, 0.1) is 0 Å². The number of Topliss-reactive ketones (excluding diaryl/α,β-unsaturated/α-hetero) is 1. The molecule has 0 saturated heterocycles. The number of carbonyl (C=O) groups is 2. The Labute approximate surface area is 215 Å². The number of ether oxygens (including phenoxy) is 1. The number of esters is 1. The van der Waals surface area contributed by atoms with Gasteiger partial charge in [0.15, 0.2) is 0 Å². The first-order valence-electron chi connectivity index (χ1n) is 14.6. The molecule has 4 rings (SSSR count). The average molecular weight is 485 g/mol. The van der Waals surface area contributed by atoms with Crippen LogP contribution in [0.3, 0.4) is 0 Å². The van der Waals surface area contributed by atoms with Crippen LogP contribution in [0.5, 0.6) is 0 Å². The number of fused-ring (bicyclic) bond motifs is 5. The smallest absolute Gasteiger partial charge is 0.302 e. The fraction of sp³-hybridized carbons (Fsp3) is 0.875. The number of hydrogen-bond acceptors (Lipinski definition) is 3. The summed E-state index contributed by atoms with van der Waals surface area (Å²) in [5.41, 5.74) is 1.51. The SMILES string of the molecule is CC(=O)O[C@H]1CC[C@]2(C)C3=CC[C@]4(C)[C@@H]([C@H](C)CCCC(C)C)CC[C@@]4(C)[C@@H]3C(=O)C[C@H]2C1(C)C. The summed E-state index contributed by atoms with van der Waals surface area (Å²) in [5.74, 6) is 2.74. The van der Waals surface area contributed by atoms with Crippen molar-refractivity contribution < 1.29 is 14.3 Å². The molecule has 4 aliphatic carbocycles. The lowest BCUT2D eigenvalue weighted by atomic mass is 9.41. The topological polar surface area (TPSA) is 43.4 Å². The summed E-state index contributed by atoms with van der Waals surface area (Å²) < 4.78 is 5.79. The molecule has 0 radical (unpaired) electrons. The molecule has 3 fully saturated rings. The van der Waals surface area contributed by atoms with Crippen LogP contribution in [-0.2, 0) is 14.3 Å². The predicted octanol–water partition coefficient (Wildman–Crippen LogP) is 8.16. The van der Waals surface area contributed by atoms with E-state index in [1.807, 2.05) is 0 Å². The molecule has 0 aromatic carbocycles. The molecule has 3 nitrogen and oxygen atoms in total. The van der Waals surface area contributed by atoms with Crippen molar-refractivity contribution in [2.24, 2.45) is 51.2 Å². The number of allylic oxidation sites excluding steroid dienone is 2. The first-order valence-corrected chi connectivity index (χ1v) is 14.6. The highest BCUT2D eigenvalue weighted by molar-refractivity contribution is 5.87. The van der Waals surface area contributed by atoms with Gasteiger partial charge in [-0.2, -0.15) is 0 Å². The van der Waals surface area contributed by atoms with E-state index < -0.39 is 0 Å². The fourth-order valence-corrected chi connectivity index (χ4v) is 9.76. The molecular formula is C32H52O3. The number of rotatable bonds is 6. The quantitative estimate of drug-likeness (QED) is 0.282. The summed E-state index contributed by atoms with van der Waals surface area (Å²) in [4.78, 5) is 25.9.